The summed E-state index contributed by atoms with van der Waals surface area (Å²) in [4.78, 5) is 13.2. The number of amides is 1. The molecule has 1 atom stereocenters. The van der Waals surface area contributed by atoms with Crippen molar-refractivity contribution in [3.05, 3.63) is 48.5 Å². The van der Waals surface area contributed by atoms with Crippen molar-refractivity contribution in [2.75, 3.05) is 25.5 Å². The molecular formula is C20H22F2N2O4S2. The molecule has 0 aliphatic carbocycles. The molecule has 0 radical (unpaired) electrons. The predicted octanol–water partition coefficient (Wildman–Crippen LogP) is 4.05. The number of piperidine rings is 1. The van der Waals surface area contributed by atoms with Gasteiger partial charge < -0.3 is 10.1 Å². The number of carbonyl (C=O) groups is 1. The van der Waals surface area contributed by atoms with Gasteiger partial charge in [-0.25, -0.2) is 8.42 Å². The minimum Gasteiger partial charge on any atom is -0.497 e. The lowest BCUT2D eigenvalue weighted by atomic mass is 9.99. The van der Waals surface area contributed by atoms with Crippen LogP contribution in [0.1, 0.15) is 12.8 Å². The summed E-state index contributed by atoms with van der Waals surface area (Å²) >= 11 is 0.430. The molecule has 0 aromatic heterocycles. The summed E-state index contributed by atoms with van der Waals surface area (Å²) in [5, 5.41) is 2.75. The molecule has 162 valence electrons. The van der Waals surface area contributed by atoms with Gasteiger partial charge in [-0.3, -0.25) is 4.79 Å². The van der Waals surface area contributed by atoms with Crippen molar-refractivity contribution in [2.45, 2.75) is 28.4 Å². The molecule has 1 aliphatic rings. The molecule has 0 bridgehead atoms. The standard InChI is InChI=1S/C20H22F2N2O4S2/c1-28-16-6-10-18(11-7-16)30(26,27)24-12-2-3-14(13-24)19(25)23-15-4-8-17(9-5-15)29-20(21)22/h4-11,14,20H,2-3,12-13H2,1H3,(H,23,25). The van der Waals surface area contributed by atoms with Gasteiger partial charge in [0.1, 0.15) is 5.75 Å². The van der Waals surface area contributed by atoms with E-state index in [4.69, 9.17) is 4.74 Å². The number of nitrogens with zero attached hydrogens (tertiary/aromatic N) is 1. The maximum Gasteiger partial charge on any atom is 0.288 e. The number of nitrogens with one attached hydrogen (secondary N) is 1. The Morgan fingerprint density at radius 3 is 2.43 bits per heavy atom. The van der Waals surface area contributed by atoms with E-state index in [1.54, 1.807) is 24.3 Å². The summed E-state index contributed by atoms with van der Waals surface area (Å²) < 4.78 is 57.0. The first-order valence-corrected chi connectivity index (χ1v) is 11.6. The Morgan fingerprint density at radius 1 is 1.17 bits per heavy atom. The fourth-order valence-corrected chi connectivity index (χ4v) is 5.26. The third-order valence-corrected chi connectivity index (χ3v) is 7.40. The van der Waals surface area contributed by atoms with Crippen molar-refractivity contribution < 1.29 is 26.7 Å². The van der Waals surface area contributed by atoms with Gasteiger partial charge in [0, 0.05) is 23.7 Å². The van der Waals surface area contributed by atoms with Crippen molar-refractivity contribution in [1.29, 1.82) is 0 Å². The SMILES string of the molecule is COc1ccc(S(=O)(=O)N2CCCC(C(=O)Nc3ccc(SC(F)F)cc3)C2)cc1. The van der Waals surface area contributed by atoms with Crippen LogP contribution in [-0.4, -0.2) is 44.6 Å². The fourth-order valence-electron chi connectivity index (χ4n) is 3.24. The molecule has 30 heavy (non-hydrogen) atoms. The summed E-state index contributed by atoms with van der Waals surface area (Å²) in [6, 6.07) is 12.2. The first-order chi connectivity index (χ1) is 14.3. The first-order valence-electron chi connectivity index (χ1n) is 9.29. The number of alkyl halides is 2. The van der Waals surface area contributed by atoms with Crippen LogP contribution in [0.25, 0.3) is 0 Å². The molecule has 1 aliphatic heterocycles. The third kappa shape index (κ3) is 5.50. The van der Waals surface area contributed by atoms with Crippen LogP contribution in [0.5, 0.6) is 5.75 Å². The normalized spacial score (nSPS) is 17.7. The van der Waals surface area contributed by atoms with Gasteiger partial charge in [0.2, 0.25) is 15.9 Å². The predicted molar refractivity (Wildman–Crippen MR) is 111 cm³/mol. The van der Waals surface area contributed by atoms with Gasteiger partial charge in [-0.15, -0.1) is 0 Å². The average molecular weight is 457 g/mol. The van der Waals surface area contributed by atoms with Gasteiger partial charge in [-0.1, -0.05) is 11.8 Å². The van der Waals surface area contributed by atoms with Crippen LogP contribution < -0.4 is 10.1 Å². The number of hydrogen-bond acceptors (Lipinski definition) is 5. The second-order valence-electron chi connectivity index (χ2n) is 6.77. The number of carbonyl (C=O) groups excluding carboxylic acids is 1. The van der Waals surface area contributed by atoms with Crippen molar-refractivity contribution >= 4 is 33.4 Å². The lowest BCUT2D eigenvalue weighted by molar-refractivity contribution is -0.120. The quantitative estimate of drug-likeness (QED) is 0.637. The van der Waals surface area contributed by atoms with E-state index < -0.39 is 21.7 Å². The van der Waals surface area contributed by atoms with E-state index in [1.165, 1.54) is 35.7 Å². The second-order valence-corrected chi connectivity index (χ2v) is 9.77. The Balaban J connectivity index is 1.65. The molecule has 1 saturated heterocycles. The van der Waals surface area contributed by atoms with Crippen LogP contribution >= 0.6 is 11.8 Å². The van der Waals surface area contributed by atoms with E-state index in [-0.39, 0.29) is 17.3 Å². The molecule has 1 unspecified atom stereocenters. The molecule has 1 amide bonds. The van der Waals surface area contributed by atoms with Crippen molar-refractivity contribution in [3.63, 3.8) is 0 Å². The van der Waals surface area contributed by atoms with Gasteiger partial charge in [-0.05, 0) is 61.4 Å². The van der Waals surface area contributed by atoms with E-state index in [2.05, 4.69) is 5.32 Å². The number of sulfonamides is 1. The third-order valence-electron chi connectivity index (χ3n) is 4.80. The highest BCUT2D eigenvalue weighted by atomic mass is 32.2. The summed E-state index contributed by atoms with van der Waals surface area (Å²) in [6.07, 6.45) is 1.14. The van der Waals surface area contributed by atoms with Gasteiger partial charge in [0.25, 0.3) is 5.76 Å². The summed E-state index contributed by atoms with van der Waals surface area (Å²) in [5.41, 5.74) is 0.480. The first kappa shape index (κ1) is 22.5. The molecule has 6 nitrogen and oxygen atoms in total. The molecule has 0 spiro atoms. The van der Waals surface area contributed by atoms with Gasteiger partial charge in [0.15, 0.2) is 0 Å². The number of benzene rings is 2. The Kier molecular flexibility index (Phi) is 7.32. The van der Waals surface area contributed by atoms with Crippen molar-refractivity contribution in [1.82, 2.24) is 4.31 Å². The van der Waals surface area contributed by atoms with Crippen LogP contribution in [0.3, 0.4) is 0 Å². The van der Waals surface area contributed by atoms with Gasteiger partial charge in [-0.2, -0.15) is 13.1 Å². The van der Waals surface area contributed by atoms with E-state index in [0.29, 0.717) is 47.5 Å². The number of hydrogen-bond donors (Lipinski definition) is 1. The maximum absolute atomic E-state index is 12.9. The van der Waals surface area contributed by atoms with Crippen LogP contribution in [0.15, 0.2) is 58.3 Å². The van der Waals surface area contributed by atoms with Crippen LogP contribution in [0, 0.1) is 5.92 Å². The molecule has 0 saturated carbocycles. The lowest BCUT2D eigenvalue weighted by Crippen LogP contribution is -2.43. The minimum absolute atomic E-state index is 0.0829. The average Bonchev–Trinajstić information content (AvgIpc) is 2.75. The van der Waals surface area contributed by atoms with Crippen LogP contribution in [0.4, 0.5) is 14.5 Å². The summed E-state index contributed by atoms with van der Waals surface area (Å²) in [6.45, 7) is 0.428. The van der Waals surface area contributed by atoms with E-state index >= 15 is 0 Å². The van der Waals surface area contributed by atoms with Gasteiger partial charge >= 0.3 is 0 Å². The highest BCUT2D eigenvalue weighted by Crippen LogP contribution is 2.28. The number of ether oxygens (including phenoxy) is 1. The molecule has 10 heteroatoms. The highest BCUT2D eigenvalue weighted by Gasteiger charge is 2.33. The van der Waals surface area contributed by atoms with Crippen LogP contribution in [-0.2, 0) is 14.8 Å². The lowest BCUT2D eigenvalue weighted by Gasteiger charge is -2.31. The molecular weight excluding hydrogens is 434 g/mol. The molecule has 1 fully saturated rings. The van der Waals surface area contributed by atoms with E-state index in [0.717, 1.165) is 0 Å². The fraction of sp³-hybridized carbons (Fsp3) is 0.350. The van der Waals surface area contributed by atoms with Crippen LogP contribution in [0.2, 0.25) is 0 Å². The largest absolute Gasteiger partial charge is 0.497 e. The molecule has 3 rings (SSSR count). The second kappa shape index (κ2) is 9.76. The Hall–Kier alpha value is -2.17. The molecule has 2 aromatic rings. The number of thioether (sulfide) groups is 1. The molecule has 1 N–H and O–H groups in total. The molecule has 1 heterocycles. The zero-order valence-electron chi connectivity index (χ0n) is 16.3. The maximum atomic E-state index is 12.9. The van der Waals surface area contributed by atoms with E-state index in [1.807, 2.05) is 0 Å². The number of methoxy groups -OCH3 is 1. The Morgan fingerprint density at radius 2 is 1.83 bits per heavy atom. The summed E-state index contributed by atoms with van der Waals surface area (Å²) in [7, 11) is -2.22. The number of anilines is 1. The minimum atomic E-state index is -3.72. The number of halogens is 2. The molecule has 2 aromatic carbocycles. The van der Waals surface area contributed by atoms with Gasteiger partial charge in [0.05, 0.1) is 17.9 Å². The monoisotopic (exact) mass is 456 g/mol. The Bertz CT molecular complexity index is 967. The summed E-state index contributed by atoms with van der Waals surface area (Å²) in [5.74, 6) is -2.74. The smallest absolute Gasteiger partial charge is 0.288 e. The highest BCUT2D eigenvalue weighted by molar-refractivity contribution is 7.99. The Labute approximate surface area is 178 Å². The zero-order chi connectivity index (χ0) is 21.7. The topological polar surface area (TPSA) is 75.7 Å². The zero-order valence-corrected chi connectivity index (χ0v) is 17.9. The van der Waals surface area contributed by atoms with Crippen molar-refractivity contribution in [2.24, 2.45) is 5.92 Å². The van der Waals surface area contributed by atoms with Crippen molar-refractivity contribution in [3.8, 4) is 5.75 Å². The van der Waals surface area contributed by atoms with E-state index in [9.17, 15) is 22.0 Å². The number of rotatable bonds is 7.